The lowest BCUT2D eigenvalue weighted by Crippen LogP contribution is -2.38. The molecule has 0 bridgehead atoms. The second kappa shape index (κ2) is 6.03. The molecule has 2 N–H and O–H groups in total. The predicted octanol–water partition coefficient (Wildman–Crippen LogP) is 2.40. The van der Waals surface area contributed by atoms with Gasteiger partial charge >= 0.3 is 0 Å². The van der Waals surface area contributed by atoms with E-state index in [0.717, 1.165) is 5.56 Å². The molecule has 0 radical (unpaired) electrons. The highest BCUT2D eigenvalue weighted by Crippen LogP contribution is 2.16. The molecule has 2 atom stereocenters. The van der Waals surface area contributed by atoms with Crippen LogP contribution in [-0.4, -0.2) is 23.7 Å². The van der Waals surface area contributed by atoms with Gasteiger partial charge in [-0.25, -0.2) is 0 Å². The molecule has 0 fully saturated rings. The molecule has 17 heavy (non-hydrogen) atoms. The number of halogens is 1. The van der Waals surface area contributed by atoms with E-state index >= 15 is 0 Å². The Hall–Kier alpha value is -1.06. The number of amides is 1. The molecule has 4 heteroatoms. The van der Waals surface area contributed by atoms with Crippen molar-refractivity contribution in [2.75, 3.05) is 6.61 Å². The molecule has 3 nitrogen and oxygen atoms in total. The normalized spacial score (nSPS) is 14.2. The van der Waals surface area contributed by atoms with E-state index in [1.54, 1.807) is 18.2 Å². The first-order valence-corrected chi connectivity index (χ1v) is 6.01. The van der Waals surface area contributed by atoms with Crippen LogP contribution in [0, 0.1) is 12.8 Å². The van der Waals surface area contributed by atoms with Crippen LogP contribution in [0.2, 0.25) is 5.02 Å². The molecule has 94 valence electrons. The van der Waals surface area contributed by atoms with Crippen molar-refractivity contribution in [1.29, 1.82) is 0 Å². The zero-order valence-electron chi connectivity index (χ0n) is 10.3. The second-order valence-corrected chi connectivity index (χ2v) is 4.79. The number of benzene rings is 1. The van der Waals surface area contributed by atoms with E-state index in [9.17, 15) is 4.79 Å². The van der Waals surface area contributed by atoms with Crippen LogP contribution < -0.4 is 5.32 Å². The number of carbonyl (C=O) groups is 1. The van der Waals surface area contributed by atoms with Crippen molar-refractivity contribution in [3.05, 3.63) is 34.3 Å². The highest BCUT2D eigenvalue weighted by Gasteiger charge is 2.15. The van der Waals surface area contributed by atoms with Crippen LogP contribution in [0.3, 0.4) is 0 Å². The Morgan fingerprint density at radius 1 is 1.47 bits per heavy atom. The number of aliphatic hydroxyl groups excluding tert-OH is 1. The highest BCUT2D eigenvalue weighted by atomic mass is 35.5. The Morgan fingerprint density at radius 2 is 2.12 bits per heavy atom. The van der Waals surface area contributed by atoms with Crippen molar-refractivity contribution in [1.82, 2.24) is 5.32 Å². The van der Waals surface area contributed by atoms with Gasteiger partial charge in [0, 0.05) is 23.2 Å². The number of aliphatic hydroxyl groups is 1. The zero-order valence-corrected chi connectivity index (χ0v) is 11.1. The summed E-state index contributed by atoms with van der Waals surface area (Å²) in [7, 11) is 0. The lowest BCUT2D eigenvalue weighted by molar-refractivity contribution is 0.0916. The average Bonchev–Trinajstić information content (AvgIpc) is 2.31. The summed E-state index contributed by atoms with van der Waals surface area (Å²) in [5.74, 6) is -0.107. The van der Waals surface area contributed by atoms with Crippen molar-refractivity contribution < 1.29 is 9.90 Å². The summed E-state index contributed by atoms with van der Waals surface area (Å²) >= 11 is 5.90. The SMILES string of the molecule is Cc1cc(C(=O)NC(C)C(C)CO)ccc1Cl. The molecule has 0 heterocycles. The minimum atomic E-state index is -0.141. The van der Waals surface area contributed by atoms with Crippen LogP contribution in [-0.2, 0) is 0 Å². The van der Waals surface area contributed by atoms with Gasteiger partial charge in [0.15, 0.2) is 0 Å². The minimum absolute atomic E-state index is 0.0346. The van der Waals surface area contributed by atoms with E-state index in [0.29, 0.717) is 10.6 Å². The summed E-state index contributed by atoms with van der Waals surface area (Å²) in [6, 6.07) is 5.10. The molecule has 0 aliphatic heterocycles. The summed E-state index contributed by atoms with van der Waals surface area (Å²) in [4.78, 5) is 11.9. The first-order chi connectivity index (χ1) is 7.95. The summed E-state index contributed by atoms with van der Waals surface area (Å²) in [5.41, 5.74) is 1.46. The van der Waals surface area contributed by atoms with Crippen LogP contribution >= 0.6 is 11.6 Å². The van der Waals surface area contributed by atoms with Gasteiger partial charge in [0.2, 0.25) is 0 Å². The van der Waals surface area contributed by atoms with Crippen molar-refractivity contribution in [3.63, 3.8) is 0 Å². The Bertz CT molecular complexity index is 406. The molecular formula is C13H18ClNO2. The highest BCUT2D eigenvalue weighted by molar-refractivity contribution is 6.31. The first kappa shape index (κ1) is 14.0. The van der Waals surface area contributed by atoms with Crippen molar-refractivity contribution >= 4 is 17.5 Å². The van der Waals surface area contributed by atoms with E-state index in [4.69, 9.17) is 16.7 Å². The molecule has 1 aromatic carbocycles. The Morgan fingerprint density at radius 3 is 2.65 bits per heavy atom. The number of nitrogens with one attached hydrogen (secondary N) is 1. The third kappa shape index (κ3) is 3.72. The van der Waals surface area contributed by atoms with Crippen LogP contribution in [0.15, 0.2) is 18.2 Å². The van der Waals surface area contributed by atoms with E-state index in [-0.39, 0.29) is 24.5 Å². The molecule has 0 saturated carbocycles. The maximum atomic E-state index is 11.9. The molecule has 0 aliphatic rings. The molecular weight excluding hydrogens is 238 g/mol. The van der Waals surface area contributed by atoms with Gasteiger partial charge in [-0.2, -0.15) is 0 Å². The van der Waals surface area contributed by atoms with Gasteiger partial charge in [-0.1, -0.05) is 18.5 Å². The van der Waals surface area contributed by atoms with Crippen LogP contribution in [0.5, 0.6) is 0 Å². The van der Waals surface area contributed by atoms with E-state index in [1.807, 2.05) is 20.8 Å². The molecule has 1 rings (SSSR count). The Labute approximate surface area is 107 Å². The molecule has 0 saturated heterocycles. The van der Waals surface area contributed by atoms with Gasteiger partial charge in [0.1, 0.15) is 0 Å². The van der Waals surface area contributed by atoms with Gasteiger partial charge < -0.3 is 10.4 Å². The maximum Gasteiger partial charge on any atom is 0.251 e. The van der Waals surface area contributed by atoms with Gasteiger partial charge in [-0.05, 0) is 43.5 Å². The van der Waals surface area contributed by atoms with E-state index in [1.165, 1.54) is 0 Å². The van der Waals surface area contributed by atoms with Crippen LogP contribution in [0.4, 0.5) is 0 Å². The van der Waals surface area contributed by atoms with Gasteiger partial charge in [-0.3, -0.25) is 4.79 Å². The largest absolute Gasteiger partial charge is 0.396 e. The predicted molar refractivity (Wildman–Crippen MR) is 69.4 cm³/mol. The summed E-state index contributed by atoms with van der Waals surface area (Å²) < 4.78 is 0. The fourth-order valence-corrected chi connectivity index (χ4v) is 1.49. The van der Waals surface area contributed by atoms with Crippen molar-refractivity contribution in [2.45, 2.75) is 26.8 Å². The fourth-order valence-electron chi connectivity index (χ4n) is 1.38. The van der Waals surface area contributed by atoms with Gasteiger partial charge in [-0.15, -0.1) is 0 Å². The number of rotatable bonds is 4. The topological polar surface area (TPSA) is 49.3 Å². The molecule has 1 aromatic rings. The maximum absolute atomic E-state index is 11.9. The van der Waals surface area contributed by atoms with Crippen molar-refractivity contribution in [3.8, 4) is 0 Å². The Kier molecular flexibility index (Phi) is 4.97. The van der Waals surface area contributed by atoms with Gasteiger partial charge in [0.05, 0.1) is 0 Å². The molecule has 0 aromatic heterocycles. The number of aryl methyl sites for hydroxylation is 1. The standard InChI is InChI=1S/C13H18ClNO2/c1-8-6-11(4-5-12(8)14)13(17)15-10(3)9(2)7-16/h4-6,9-10,16H,7H2,1-3H3,(H,15,17). The summed E-state index contributed by atoms with van der Waals surface area (Å²) in [6.45, 7) is 5.68. The minimum Gasteiger partial charge on any atom is -0.396 e. The quantitative estimate of drug-likeness (QED) is 0.868. The average molecular weight is 256 g/mol. The van der Waals surface area contributed by atoms with Gasteiger partial charge in [0.25, 0.3) is 5.91 Å². The third-order valence-electron chi connectivity index (χ3n) is 2.92. The lowest BCUT2D eigenvalue weighted by atomic mass is 10.0. The fraction of sp³-hybridized carbons (Fsp3) is 0.462. The van der Waals surface area contributed by atoms with Crippen LogP contribution in [0.1, 0.15) is 29.8 Å². The van der Waals surface area contributed by atoms with Crippen molar-refractivity contribution in [2.24, 2.45) is 5.92 Å². The molecule has 0 spiro atoms. The van der Waals surface area contributed by atoms with Crippen LogP contribution in [0.25, 0.3) is 0 Å². The lowest BCUT2D eigenvalue weighted by Gasteiger charge is -2.19. The number of hydrogen-bond donors (Lipinski definition) is 2. The number of hydrogen-bond acceptors (Lipinski definition) is 2. The smallest absolute Gasteiger partial charge is 0.251 e. The molecule has 2 unspecified atom stereocenters. The summed E-state index contributed by atoms with van der Waals surface area (Å²) in [5, 5.41) is 12.5. The van der Waals surface area contributed by atoms with E-state index < -0.39 is 0 Å². The second-order valence-electron chi connectivity index (χ2n) is 4.39. The molecule has 1 amide bonds. The number of carbonyl (C=O) groups excluding carboxylic acids is 1. The zero-order chi connectivity index (χ0) is 13.0. The van der Waals surface area contributed by atoms with E-state index in [2.05, 4.69) is 5.32 Å². The first-order valence-electron chi connectivity index (χ1n) is 5.63. The Balaban J connectivity index is 2.73. The monoisotopic (exact) mass is 255 g/mol. The molecule has 0 aliphatic carbocycles. The third-order valence-corrected chi connectivity index (χ3v) is 3.34. The summed E-state index contributed by atoms with van der Waals surface area (Å²) in [6.07, 6.45) is 0.